The quantitative estimate of drug-likeness (QED) is 0.398. The molecule has 2 heterocycles. The number of benzene rings is 1. The lowest BCUT2D eigenvalue weighted by atomic mass is 9.92. The number of nitrogens with one attached hydrogen (secondary N) is 1. The second kappa shape index (κ2) is 8.42. The molecule has 146 valence electrons. The maximum atomic E-state index is 12.9. The number of rotatable bonds is 7. The average molecular weight is 503 g/mol. The number of hydrogen-bond acceptors (Lipinski definition) is 6. The molecule has 1 saturated heterocycles. The molecule has 8 heteroatoms. The molecule has 1 aromatic heterocycles. The van der Waals surface area contributed by atoms with Crippen LogP contribution in [-0.4, -0.2) is 43.0 Å². The van der Waals surface area contributed by atoms with E-state index in [2.05, 4.69) is 40.5 Å². The van der Waals surface area contributed by atoms with E-state index in [0.29, 0.717) is 54.3 Å². The number of aryl methyl sites for hydroxylation is 1. The predicted octanol–water partition coefficient (Wildman–Crippen LogP) is 3.60. The number of fused-ring (bicyclic) bond motifs is 1. The number of aliphatic hydroxyl groups is 1. The molecule has 3 rings (SSSR count). The van der Waals surface area contributed by atoms with Gasteiger partial charge in [-0.3, -0.25) is 4.79 Å². The zero-order valence-electron chi connectivity index (χ0n) is 15.2. The highest BCUT2D eigenvalue weighted by Gasteiger charge is 2.40. The van der Waals surface area contributed by atoms with Gasteiger partial charge in [-0.1, -0.05) is 0 Å². The van der Waals surface area contributed by atoms with Gasteiger partial charge in [-0.15, -0.1) is 12.6 Å². The van der Waals surface area contributed by atoms with E-state index in [1.54, 1.807) is 19.1 Å². The molecule has 0 unspecified atom stereocenters. The van der Waals surface area contributed by atoms with Crippen molar-refractivity contribution in [1.29, 1.82) is 0 Å². The Kier molecular flexibility index (Phi) is 6.39. The Hall–Kier alpha value is -1.23. The number of thiol groups is 1. The van der Waals surface area contributed by atoms with Crippen molar-refractivity contribution in [3.8, 4) is 5.75 Å². The van der Waals surface area contributed by atoms with Crippen molar-refractivity contribution in [2.24, 2.45) is 0 Å². The number of amides is 1. The molecule has 2 aromatic rings. The second-order valence-corrected chi connectivity index (χ2v) is 8.82. The molecule has 1 aliphatic heterocycles. The monoisotopic (exact) mass is 503 g/mol. The molecule has 1 aromatic carbocycles. The highest BCUT2D eigenvalue weighted by molar-refractivity contribution is 14.1. The van der Waals surface area contributed by atoms with Crippen molar-refractivity contribution in [3.05, 3.63) is 38.0 Å². The molecular weight excluding hydrogens is 481 g/mol. The summed E-state index contributed by atoms with van der Waals surface area (Å²) in [6.45, 7) is 4.87. The fraction of sp³-hybridized carbons (Fsp3) is 0.421. The lowest BCUT2D eigenvalue weighted by molar-refractivity contribution is -0.0785. The van der Waals surface area contributed by atoms with E-state index in [9.17, 15) is 9.90 Å². The van der Waals surface area contributed by atoms with Crippen LogP contribution < -0.4 is 10.1 Å². The number of carbonyl (C=O) groups excluding carboxylic acids is 1. The Morgan fingerprint density at radius 2 is 2.19 bits per heavy atom. The van der Waals surface area contributed by atoms with Crippen LogP contribution in [0.2, 0.25) is 0 Å². The van der Waals surface area contributed by atoms with Crippen LogP contribution in [0.5, 0.6) is 5.75 Å². The van der Waals surface area contributed by atoms with Gasteiger partial charge in [0.25, 0.3) is 5.91 Å². The summed E-state index contributed by atoms with van der Waals surface area (Å²) in [5.74, 6) is 0.938. The first-order chi connectivity index (χ1) is 12.8. The van der Waals surface area contributed by atoms with Gasteiger partial charge in [0.1, 0.15) is 23.7 Å². The summed E-state index contributed by atoms with van der Waals surface area (Å²) in [6, 6.07) is 5.41. The van der Waals surface area contributed by atoms with Gasteiger partial charge in [-0.2, -0.15) is 0 Å². The van der Waals surface area contributed by atoms with Gasteiger partial charge in [0.05, 0.1) is 24.3 Å². The highest BCUT2D eigenvalue weighted by Crippen LogP contribution is 2.31. The van der Waals surface area contributed by atoms with Crippen LogP contribution in [0.15, 0.2) is 31.1 Å². The number of aliphatic hydroxyl groups excluding tert-OH is 1. The van der Waals surface area contributed by atoms with E-state index in [-0.39, 0.29) is 12.5 Å². The van der Waals surface area contributed by atoms with Crippen LogP contribution >= 0.6 is 35.2 Å². The third kappa shape index (κ3) is 4.44. The SMILES string of the molecule is C/C(I)=C(/S)COc1ccc2oc(C)c(C(=O)NC3(CCO)COC3)c2c1. The summed E-state index contributed by atoms with van der Waals surface area (Å²) in [4.78, 5) is 13.8. The fourth-order valence-electron chi connectivity index (χ4n) is 2.97. The molecule has 0 saturated carbocycles. The van der Waals surface area contributed by atoms with Gasteiger partial charge >= 0.3 is 0 Å². The van der Waals surface area contributed by atoms with E-state index < -0.39 is 5.54 Å². The third-order valence-electron chi connectivity index (χ3n) is 4.56. The largest absolute Gasteiger partial charge is 0.488 e. The summed E-state index contributed by atoms with van der Waals surface area (Å²) in [5.41, 5.74) is 0.587. The molecular formula is C19H22INO5S. The average Bonchev–Trinajstić information content (AvgIpc) is 2.92. The Morgan fingerprint density at radius 3 is 2.78 bits per heavy atom. The molecule has 1 amide bonds. The van der Waals surface area contributed by atoms with Crippen LogP contribution in [0.3, 0.4) is 0 Å². The van der Waals surface area contributed by atoms with Crippen LogP contribution in [0.1, 0.15) is 29.5 Å². The first-order valence-corrected chi connectivity index (χ1v) is 10.1. The minimum atomic E-state index is -0.514. The number of hydrogen-bond donors (Lipinski definition) is 3. The first-order valence-electron chi connectivity index (χ1n) is 8.56. The Balaban J connectivity index is 1.86. The summed E-state index contributed by atoms with van der Waals surface area (Å²) >= 11 is 6.60. The minimum absolute atomic E-state index is 0.0114. The van der Waals surface area contributed by atoms with E-state index >= 15 is 0 Å². The van der Waals surface area contributed by atoms with Gasteiger partial charge in [-0.05, 0) is 61.1 Å². The molecule has 27 heavy (non-hydrogen) atoms. The first kappa shape index (κ1) is 20.5. The van der Waals surface area contributed by atoms with Gasteiger partial charge in [0, 0.05) is 20.5 Å². The minimum Gasteiger partial charge on any atom is -0.488 e. The van der Waals surface area contributed by atoms with E-state index in [4.69, 9.17) is 13.9 Å². The van der Waals surface area contributed by atoms with Crippen LogP contribution in [0.4, 0.5) is 0 Å². The summed E-state index contributed by atoms with van der Waals surface area (Å²) in [5, 5.41) is 13.0. The molecule has 2 N–H and O–H groups in total. The molecule has 0 atom stereocenters. The zero-order valence-corrected chi connectivity index (χ0v) is 18.2. The van der Waals surface area contributed by atoms with Crippen LogP contribution in [0.25, 0.3) is 11.0 Å². The third-order valence-corrected chi connectivity index (χ3v) is 6.10. The zero-order chi connectivity index (χ0) is 19.6. The van der Waals surface area contributed by atoms with Crippen LogP contribution in [0, 0.1) is 6.92 Å². The van der Waals surface area contributed by atoms with Crippen molar-refractivity contribution >= 4 is 52.1 Å². The predicted molar refractivity (Wildman–Crippen MR) is 115 cm³/mol. The van der Waals surface area contributed by atoms with Crippen molar-refractivity contribution in [3.63, 3.8) is 0 Å². The number of furan rings is 1. The van der Waals surface area contributed by atoms with Gasteiger partial charge < -0.3 is 24.3 Å². The van der Waals surface area contributed by atoms with E-state index in [0.717, 1.165) is 8.48 Å². The van der Waals surface area contributed by atoms with Crippen molar-refractivity contribution in [2.75, 3.05) is 26.4 Å². The lowest BCUT2D eigenvalue weighted by Gasteiger charge is -2.41. The number of allylic oxidation sites excluding steroid dienone is 1. The normalized spacial score (nSPS) is 16.6. The summed E-state index contributed by atoms with van der Waals surface area (Å²) < 4.78 is 17.8. The van der Waals surface area contributed by atoms with Crippen LogP contribution in [-0.2, 0) is 4.74 Å². The summed E-state index contributed by atoms with van der Waals surface area (Å²) in [6.07, 6.45) is 0.453. The van der Waals surface area contributed by atoms with Crippen molar-refractivity contribution < 1.29 is 23.8 Å². The molecule has 1 fully saturated rings. The molecule has 0 aliphatic carbocycles. The molecule has 6 nitrogen and oxygen atoms in total. The number of halogens is 1. The maximum Gasteiger partial charge on any atom is 0.256 e. The second-order valence-electron chi connectivity index (χ2n) is 6.66. The molecule has 0 spiro atoms. The smallest absolute Gasteiger partial charge is 0.256 e. The number of ether oxygens (including phenoxy) is 2. The molecule has 1 aliphatic rings. The lowest BCUT2D eigenvalue weighted by Crippen LogP contribution is -2.62. The topological polar surface area (TPSA) is 80.9 Å². The van der Waals surface area contributed by atoms with Crippen molar-refractivity contribution in [2.45, 2.75) is 25.8 Å². The van der Waals surface area contributed by atoms with E-state index in [1.807, 2.05) is 13.0 Å². The van der Waals surface area contributed by atoms with Gasteiger partial charge in [0.15, 0.2) is 0 Å². The molecule has 0 radical (unpaired) electrons. The van der Waals surface area contributed by atoms with Crippen molar-refractivity contribution in [1.82, 2.24) is 5.32 Å². The Bertz CT molecular complexity index is 884. The van der Waals surface area contributed by atoms with E-state index in [1.165, 1.54) is 0 Å². The summed E-state index contributed by atoms with van der Waals surface area (Å²) in [7, 11) is 0. The fourth-order valence-corrected chi connectivity index (χ4v) is 3.19. The maximum absolute atomic E-state index is 12.9. The standard InChI is InChI=1S/C19H22INO5S/c1-11(20)16(27)8-25-13-3-4-15-14(7-13)17(12(2)26-15)18(23)21-19(5-6-22)9-24-10-19/h3-4,7,22,27H,5-6,8-10H2,1-2H3,(H,21,23)/b16-11-. The van der Waals surface area contributed by atoms with Gasteiger partial charge in [0.2, 0.25) is 0 Å². The Labute approximate surface area is 176 Å². The van der Waals surface area contributed by atoms with Gasteiger partial charge in [-0.25, -0.2) is 0 Å². The number of carbonyl (C=O) groups is 1. The highest BCUT2D eigenvalue weighted by atomic mass is 127. The molecule has 0 bridgehead atoms. The Morgan fingerprint density at radius 1 is 1.44 bits per heavy atom.